The lowest BCUT2D eigenvalue weighted by Crippen LogP contribution is -2.51. The predicted octanol–water partition coefficient (Wildman–Crippen LogP) is 0.0459. The Hall–Kier alpha value is -0.170. The van der Waals surface area contributed by atoms with E-state index in [9.17, 15) is 8.42 Å². The third-order valence-electron chi connectivity index (χ3n) is 2.87. The zero-order chi connectivity index (χ0) is 12.9. The van der Waals surface area contributed by atoms with Crippen molar-refractivity contribution in [3.8, 4) is 0 Å². The minimum atomic E-state index is -3.14. The summed E-state index contributed by atoms with van der Waals surface area (Å²) in [6, 6.07) is 0.491. The predicted molar refractivity (Wildman–Crippen MR) is 70.6 cm³/mol. The summed E-state index contributed by atoms with van der Waals surface area (Å²) in [5.41, 5.74) is -0.437. The SMILES string of the molecule is CC(C)(CNC1CCCNCC1)NS(C)(=O)=O. The summed E-state index contributed by atoms with van der Waals surface area (Å²) >= 11 is 0. The molecule has 5 nitrogen and oxygen atoms in total. The van der Waals surface area contributed by atoms with E-state index in [0.29, 0.717) is 12.6 Å². The maximum atomic E-state index is 11.2. The molecule has 102 valence electrons. The van der Waals surface area contributed by atoms with Gasteiger partial charge in [0.25, 0.3) is 0 Å². The third kappa shape index (κ3) is 6.98. The molecule has 1 unspecified atom stereocenters. The van der Waals surface area contributed by atoms with Gasteiger partial charge in [0, 0.05) is 18.1 Å². The van der Waals surface area contributed by atoms with Crippen LogP contribution in [0.3, 0.4) is 0 Å². The van der Waals surface area contributed by atoms with Gasteiger partial charge >= 0.3 is 0 Å². The molecule has 1 fully saturated rings. The molecule has 1 heterocycles. The second-order valence-electron chi connectivity index (χ2n) is 5.52. The molecule has 0 saturated carbocycles. The normalized spacial score (nSPS) is 23.4. The summed E-state index contributed by atoms with van der Waals surface area (Å²) in [6.45, 7) is 6.58. The summed E-state index contributed by atoms with van der Waals surface area (Å²) in [4.78, 5) is 0. The maximum absolute atomic E-state index is 11.2. The summed E-state index contributed by atoms with van der Waals surface area (Å²) in [6.07, 6.45) is 4.64. The molecule has 6 heteroatoms. The van der Waals surface area contributed by atoms with E-state index in [2.05, 4.69) is 15.4 Å². The van der Waals surface area contributed by atoms with Crippen LogP contribution in [-0.2, 0) is 10.0 Å². The molecule has 1 saturated heterocycles. The number of nitrogens with one attached hydrogen (secondary N) is 3. The molecule has 1 aliphatic heterocycles. The van der Waals surface area contributed by atoms with Crippen LogP contribution in [0.25, 0.3) is 0 Å². The molecule has 0 aromatic rings. The smallest absolute Gasteiger partial charge is 0.209 e. The lowest BCUT2D eigenvalue weighted by atomic mass is 10.0. The summed E-state index contributed by atoms with van der Waals surface area (Å²) in [7, 11) is -3.14. The fraction of sp³-hybridized carbons (Fsp3) is 1.00. The molecule has 0 spiro atoms. The van der Waals surface area contributed by atoms with Crippen molar-refractivity contribution in [1.82, 2.24) is 15.4 Å². The topological polar surface area (TPSA) is 70.2 Å². The molecule has 0 radical (unpaired) electrons. The van der Waals surface area contributed by atoms with E-state index in [1.165, 1.54) is 12.7 Å². The van der Waals surface area contributed by atoms with Crippen LogP contribution in [-0.4, -0.2) is 45.9 Å². The molecule has 17 heavy (non-hydrogen) atoms. The van der Waals surface area contributed by atoms with Crippen LogP contribution in [0.5, 0.6) is 0 Å². The Labute approximate surface area is 105 Å². The van der Waals surface area contributed by atoms with Gasteiger partial charge in [0.05, 0.1) is 6.26 Å². The molecule has 3 N–H and O–H groups in total. The molecular formula is C11H25N3O2S. The fourth-order valence-electron chi connectivity index (χ4n) is 2.16. The Balaban J connectivity index is 2.37. The van der Waals surface area contributed by atoms with Gasteiger partial charge < -0.3 is 10.6 Å². The van der Waals surface area contributed by atoms with Crippen molar-refractivity contribution in [3.63, 3.8) is 0 Å². The standard InChI is InChI=1S/C11H25N3O2S/c1-11(2,14-17(3,15)16)9-13-10-5-4-7-12-8-6-10/h10,12-14H,4-9H2,1-3H3. The van der Waals surface area contributed by atoms with Gasteiger partial charge in [-0.1, -0.05) is 0 Å². The van der Waals surface area contributed by atoms with Crippen LogP contribution >= 0.6 is 0 Å². The molecule has 0 aromatic carbocycles. The molecular weight excluding hydrogens is 238 g/mol. The second-order valence-corrected chi connectivity index (χ2v) is 7.27. The van der Waals surface area contributed by atoms with Gasteiger partial charge in [-0.25, -0.2) is 13.1 Å². The highest BCUT2D eigenvalue weighted by molar-refractivity contribution is 7.88. The first-order chi connectivity index (χ1) is 7.79. The highest BCUT2D eigenvalue weighted by Crippen LogP contribution is 2.08. The van der Waals surface area contributed by atoms with Gasteiger partial charge in [0.2, 0.25) is 10.0 Å². The molecule has 0 aliphatic carbocycles. The van der Waals surface area contributed by atoms with E-state index in [1.54, 1.807) is 0 Å². The number of hydrogen-bond donors (Lipinski definition) is 3. The molecule has 0 aromatic heterocycles. The van der Waals surface area contributed by atoms with Crippen LogP contribution in [0.1, 0.15) is 33.1 Å². The van der Waals surface area contributed by atoms with Gasteiger partial charge in [-0.2, -0.15) is 0 Å². The first-order valence-electron chi connectivity index (χ1n) is 6.22. The van der Waals surface area contributed by atoms with Gasteiger partial charge in [0.15, 0.2) is 0 Å². The van der Waals surface area contributed by atoms with Crippen molar-refractivity contribution in [1.29, 1.82) is 0 Å². The molecule has 1 rings (SSSR count). The lowest BCUT2D eigenvalue weighted by Gasteiger charge is -2.28. The first kappa shape index (κ1) is 14.9. The average Bonchev–Trinajstić information content (AvgIpc) is 2.38. The van der Waals surface area contributed by atoms with E-state index in [4.69, 9.17) is 0 Å². The lowest BCUT2D eigenvalue weighted by molar-refractivity contribution is 0.372. The van der Waals surface area contributed by atoms with E-state index in [-0.39, 0.29) is 0 Å². The van der Waals surface area contributed by atoms with Crippen LogP contribution in [0.2, 0.25) is 0 Å². The zero-order valence-electron chi connectivity index (χ0n) is 11.0. The average molecular weight is 263 g/mol. The van der Waals surface area contributed by atoms with Gasteiger partial charge in [0.1, 0.15) is 0 Å². The van der Waals surface area contributed by atoms with E-state index >= 15 is 0 Å². The Bertz CT molecular complexity index is 320. The third-order valence-corrected chi connectivity index (χ3v) is 3.79. The summed E-state index contributed by atoms with van der Waals surface area (Å²) < 4.78 is 25.1. The maximum Gasteiger partial charge on any atom is 0.209 e. The Kier molecular flexibility index (Phi) is 5.37. The van der Waals surface area contributed by atoms with E-state index in [1.807, 2.05) is 13.8 Å². The van der Waals surface area contributed by atoms with Crippen molar-refractivity contribution >= 4 is 10.0 Å². The Morgan fingerprint density at radius 3 is 2.65 bits per heavy atom. The number of hydrogen-bond acceptors (Lipinski definition) is 4. The van der Waals surface area contributed by atoms with Crippen molar-refractivity contribution in [3.05, 3.63) is 0 Å². The molecule has 0 bridgehead atoms. The number of rotatable bonds is 5. The van der Waals surface area contributed by atoms with Crippen molar-refractivity contribution in [2.24, 2.45) is 0 Å². The molecule has 1 aliphatic rings. The van der Waals surface area contributed by atoms with Crippen LogP contribution in [0.4, 0.5) is 0 Å². The van der Waals surface area contributed by atoms with Crippen LogP contribution in [0.15, 0.2) is 0 Å². The van der Waals surface area contributed by atoms with Crippen molar-refractivity contribution in [2.75, 3.05) is 25.9 Å². The highest BCUT2D eigenvalue weighted by atomic mass is 32.2. The minimum absolute atomic E-state index is 0.437. The monoisotopic (exact) mass is 263 g/mol. The van der Waals surface area contributed by atoms with Crippen LogP contribution < -0.4 is 15.4 Å². The minimum Gasteiger partial charge on any atom is -0.317 e. The van der Waals surface area contributed by atoms with Gasteiger partial charge in [-0.15, -0.1) is 0 Å². The Morgan fingerprint density at radius 2 is 2.00 bits per heavy atom. The zero-order valence-corrected chi connectivity index (χ0v) is 11.9. The number of sulfonamides is 1. The van der Waals surface area contributed by atoms with Gasteiger partial charge in [-0.3, -0.25) is 0 Å². The quantitative estimate of drug-likeness (QED) is 0.655. The molecule has 1 atom stereocenters. The molecule has 0 amide bonds. The Morgan fingerprint density at radius 1 is 1.29 bits per heavy atom. The van der Waals surface area contributed by atoms with Gasteiger partial charge in [-0.05, 0) is 46.2 Å². The summed E-state index contributed by atoms with van der Waals surface area (Å²) in [5.74, 6) is 0. The van der Waals surface area contributed by atoms with E-state index in [0.717, 1.165) is 25.9 Å². The summed E-state index contributed by atoms with van der Waals surface area (Å²) in [5, 5.41) is 6.82. The van der Waals surface area contributed by atoms with Crippen molar-refractivity contribution in [2.45, 2.75) is 44.7 Å². The fourth-order valence-corrected chi connectivity index (χ4v) is 3.24. The van der Waals surface area contributed by atoms with Crippen LogP contribution in [0, 0.1) is 0 Å². The van der Waals surface area contributed by atoms with E-state index < -0.39 is 15.6 Å². The largest absolute Gasteiger partial charge is 0.317 e. The highest BCUT2D eigenvalue weighted by Gasteiger charge is 2.23. The van der Waals surface area contributed by atoms with Crippen molar-refractivity contribution < 1.29 is 8.42 Å². The first-order valence-corrected chi connectivity index (χ1v) is 8.11. The second kappa shape index (κ2) is 6.13.